The molecular weight excluding hydrogens is 346 g/mol. The number of rotatable bonds is 5. The maximum Gasteiger partial charge on any atom is 0.0712 e. The van der Waals surface area contributed by atoms with E-state index >= 15 is 0 Å². The summed E-state index contributed by atoms with van der Waals surface area (Å²) in [5, 5.41) is 0. The van der Waals surface area contributed by atoms with Crippen LogP contribution in [0.3, 0.4) is 0 Å². The fourth-order valence-corrected chi connectivity index (χ4v) is 1.94. The molecule has 1 aromatic carbocycles. The van der Waals surface area contributed by atoms with E-state index in [2.05, 4.69) is 60.1 Å². The van der Waals surface area contributed by atoms with Gasteiger partial charge in [0.15, 0.2) is 0 Å². The Balaban J connectivity index is 0.000000688. The molecule has 0 spiro atoms. The molecule has 0 bridgehead atoms. The van der Waals surface area contributed by atoms with Gasteiger partial charge in [0.05, 0.1) is 5.71 Å². The summed E-state index contributed by atoms with van der Waals surface area (Å²) < 4.78 is 1.05. The van der Waals surface area contributed by atoms with Crippen molar-refractivity contribution in [3.05, 3.63) is 82.9 Å². The molecule has 0 fully saturated rings. The van der Waals surface area contributed by atoms with Crippen molar-refractivity contribution in [1.29, 1.82) is 0 Å². The zero-order valence-corrected chi connectivity index (χ0v) is 16.5. The molecule has 0 aliphatic rings. The molecule has 1 rings (SSSR count). The van der Waals surface area contributed by atoms with E-state index in [9.17, 15) is 0 Å². The highest BCUT2D eigenvalue weighted by molar-refractivity contribution is 9.10. The lowest BCUT2D eigenvalue weighted by Gasteiger charge is -2.07. The Morgan fingerprint density at radius 3 is 2.30 bits per heavy atom. The van der Waals surface area contributed by atoms with Crippen LogP contribution < -0.4 is 0 Å². The van der Waals surface area contributed by atoms with E-state index in [4.69, 9.17) is 0 Å². The smallest absolute Gasteiger partial charge is 0.0712 e. The van der Waals surface area contributed by atoms with Crippen LogP contribution in [0, 0.1) is 5.92 Å². The van der Waals surface area contributed by atoms with Crippen molar-refractivity contribution in [3.63, 3.8) is 0 Å². The Bertz CT molecular complexity index is 604. The van der Waals surface area contributed by atoms with Crippen LogP contribution in [0.25, 0.3) is 0 Å². The van der Waals surface area contributed by atoms with E-state index in [1.807, 2.05) is 51.3 Å². The maximum absolute atomic E-state index is 4.37. The molecule has 23 heavy (non-hydrogen) atoms. The first-order valence-corrected chi connectivity index (χ1v) is 8.50. The second-order valence-corrected chi connectivity index (χ2v) is 6.34. The average Bonchev–Trinajstić information content (AvgIpc) is 2.51. The summed E-state index contributed by atoms with van der Waals surface area (Å²) in [5.74, 6) is 0.657. The van der Waals surface area contributed by atoms with Gasteiger partial charge >= 0.3 is 0 Å². The molecule has 0 heterocycles. The van der Waals surface area contributed by atoms with Crippen molar-refractivity contribution in [2.45, 2.75) is 27.7 Å². The second-order valence-electron chi connectivity index (χ2n) is 5.42. The predicted octanol–water partition coefficient (Wildman–Crippen LogP) is 6.78. The summed E-state index contributed by atoms with van der Waals surface area (Å²) in [6.07, 6.45) is 7.73. The van der Waals surface area contributed by atoms with Gasteiger partial charge in [-0.15, -0.1) is 0 Å². The van der Waals surface area contributed by atoms with Gasteiger partial charge in [-0.1, -0.05) is 84.9 Å². The first-order valence-electron chi connectivity index (χ1n) is 7.71. The first kappa shape index (κ1) is 21.3. The molecule has 0 atom stereocenters. The Kier molecular flexibility index (Phi) is 11.0. The molecule has 0 aliphatic carbocycles. The molecule has 0 N–H and O–H groups in total. The van der Waals surface area contributed by atoms with Gasteiger partial charge in [-0.05, 0) is 37.5 Å². The third-order valence-corrected chi connectivity index (χ3v) is 3.80. The zero-order valence-electron chi connectivity index (χ0n) is 14.9. The molecule has 1 aromatic rings. The third kappa shape index (κ3) is 8.51. The van der Waals surface area contributed by atoms with Gasteiger partial charge in [-0.2, -0.15) is 0 Å². The van der Waals surface area contributed by atoms with E-state index in [0.29, 0.717) is 5.92 Å². The molecular formula is C21H28BrN. The summed E-state index contributed by atoms with van der Waals surface area (Å²) in [4.78, 5) is 4.37. The van der Waals surface area contributed by atoms with E-state index < -0.39 is 0 Å². The molecule has 0 aliphatic heterocycles. The second kappa shape index (κ2) is 11.8. The number of halogens is 1. The fraction of sp³-hybridized carbons (Fsp3) is 0.286. The van der Waals surface area contributed by atoms with Crippen LogP contribution in [-0.4, -0.2) is 12.8 Å². The van der Waals surface area contributed by atoms with Crippen LogP contribution in [0.5, 0.6) is 0 Å². The van der Waals surface area contributed by atoms with Crippen molar-refractivity contribution in [3.8, 4) is 0 Å². The van der Waals surface area contributed by atoms with Gasteiger partial charge in [-0.3, -0.25) is 4.99 Å². The van der Waals surface area contributed by atoms with Gasteiger partial charge < -0.3 is 0 Å². The average molecular weight is 374 g/mol. The van der Waals surface area contributed by atoms with Gasteiger partial charge in [-0.25, -0.2) is 0 Å². The van der Waals surface area contributed by atoms with Gasteiger partial charge in [0, 0.05) is 17.1 Å². The van der Waals surface area contributed by atoms with Crippen LogP contribution in [0.2, 0.25) is 0 Å². The van der Waals surface area contributed by atoms with Crippen LogP contribution in [0.1, 0.15) is 33.3 Å². The first-order chi connectivity index (χ1) is 10.9. The molecule has 0 unspecified atom stereocenters. The third-order valence-electron chi connectivity index (χ3n) is 3.30. The number of aliphatic imine (C=N–C) groups is 1. The monoisotopic (exact) mass is 373 g/mol. The molecule has 0 saturated carbocycles. The molecule has 124 valence electrons. The minimum absolute atomic E-state index is 0.657. The standard InChI is InChI=1S/C15H16BrN.C6H12/c1-4-6-8-12(5-2)15(17-3)13-9-7-10-14(16)11-13;1-5(2)6(3)4/h4-11H,1H2,2-3H3;6H,1H2,2-4H3/b8-6-,12-5+,17-15?;. The predicted molar refractivity (Wildman–Crippen MR) is 109 cm³/mol. The van der Waals surface area contributed by atoms with Crippen molar-refractivity contribution < 1.29 is 0 Å². The van der Waals surface area contributed by atoms with Crippen molar-refractivity contribution in [2.75, 3.05) is 7.05 Å². The summed E-state index contributed by atoms with van der Waals surface area (Å²) in [6, 6.07) is 8.13. The Labute approximate surface area is 150 Å². The van der Waals surface area contributed by atoms with Crippen LogP contribution in [0.4, 0.5) is 0 Å². The number of hydrogen-bond acceptors (Lipinski definition) is 1. The number of hydrogen-bond donors (Lipinski definition) is 0. The molecule has 1 nitrogen and oxygen atoms in total. The van der Waals surface area contributed by atoms with E-state index in [-0.39, 0.29) is 0 Å². The van der Waals surface area contributed by atoms with Crippen molar-refractivity contribution in [1.82, 2.24) is 0 Å². The highest BCUT2D eigenvalue weighted by Gasteiger charge is 2.06. The lowest BCUT2D eigenvalue weighted by atomic mass is 10.0. The number of allylic oxidation sites excluding steroid dienone is 6. The quantitative estimate of drug-likeness (QED) is 0.306. The van der Waals surface area contributed by atoms with Crippen LogP contribution in [-0.2, 0) is 0 Å². The summed E-state index contributed by atoms with van der Waals surface area (Å²) in [5.41, 5.74) is 4.43. The maximum atomic E-state index is 4.37. The summed E-state index contributed by atoms with van der Waals surface area (Å²) in [6.45, 7) is 15.8. The molecule has 2 heteroatoms. The van der Waals surface area contributed by atoms with E-state index in [1.54, 1.807) is 6.08 Å². The van der Waals surface area contributed by atoms with Gasteiger partial charge in [0.25, 0.3) is 0 Å². The SMILES string of the molecule is C=C(C)C(C)C.C=C/C=C\C(=C/C)C(=NC)c1cccc(Br)c1. The lowest BCUT2D eigenvalue weighted by Crippen LogP contribution is -2.03. The minimum Gasteiger partial charge on any atom is -0.287 e. The van der Waals surface area contributed by atoms with Gasteiger partial charge in [0.1, 0.15) is 0 Å². The Morgan fingerprint density at radius 1 is 1.30 bits per heavy atom. The topological polar surface area (TPSA) is 12.4 Å². The van der Waals surface area contributed by atoms with E-state index in [1.165, 1.54) is 5.57 Å². The van der Waals surface area contributed by atoms with Crippen molar-refractivity contribution in [2.24, 2.45) is 10.9 Å². The Hall–Kier alpha value is -1.67. The molecule has 0 amide bonds. The fourth-order valence-electron chi connectivity index (χ4n) is 1.54. The normalized spacial score (nSPS) is 12.1. The summed E-state index contributed by atoms with van der Waals surface area (Å²) >= 11 is 3.47. The Morgan fingerprint density at radius 2 is 1.91 bits per heavy atom. The highest BCUT2D eigenvalue weighted by Crippen LogP contribution is 2.16. The van der Waals surface area contributed by atoms with Crippen LogP contribution >= 0.6 is 15.9 Å². The highest BCUT2D eigenvalue weighted by atomic mass is 79.9. The molecule has 0 saturated heterocycles. The largest absolute Gasteiger partial charge is 0.287 e. The van der Waals surface area contributed by atoms with Crippen molar-refractivity contribution >= 4 is 21.6 Å². The number of benzene rings is 1. The molecule has 0 aromatic heterocycles. The number of nitrogens with zero attached hydrogens (tertiary/aromatic N) is 1. The van der Waals surface area contributed by atoms with Crippen LogP contribution in [0.15, 0.2) is 82.3 Å². The van der Waals surface area contributed by atoms with E-state index in [0.717, 1.165) is 21.3 Å². The van der Waals surface area contributed by atoms with Gasteiger partial charge in [0.2, 0.25) is 0 Å². The minimum atomic E-state index is 0.657. The summed E-state index contributed by atoms with van der Waals surface area (Å²) in [7, 11) is 1.81. The molecule has 0 radical (unpaired) electrons. The lowest BCUT2D eigenvalue weighted by molar-refractivity contribution is 0.773. The zero-order chi connectivity index (χ0) is 17.8.